The number of hydrogen-bond donors (Lipinski definition) is 1. The minimum absolute atomic E-state index is 0.468. The summed E-state index contributed by atoms with van der Waals surface area (Å²) in [4.78, 5) is 9.01. The molecule has 1 aromatic heterocycles. The van der Waals surface area contributed by atoms with E-state index in [-0.39, 0.29) is 0 Å². The van der Waals surface area contributed by atoms with Crippen LogP contribution in [0.25, 0.3) is 0 Å². The van der Waals surface area contributed by atoms with Gasteiger partial charge in [0, 0.05) is 0 Å². The van der Waals surface area contributed by atoms with Gasteiger partial charge in [0.1, 0.15) is 0 Å². The number of alkyl halides is 3. The Morgan fingerprint density at radius 2 is 2.08 bits per heavy atom. The van der Waals surface area contributed by atoms with Gasteiger partial charge >= 0.3 is 11.9 Å². The highest BCUT2D eigenvalue weighted by Gasteiger charge is 2.42. The van der Waals surface area contributed by atoms with E-state index in [0.717, 1.165) is 0 Å². The molecule has 1 rings (SSSR count). The van der Waals surface area contributed by atoms with Crippen LogP contribution < -0.4 is 0 Å². The van der Waals surface area contributed by atoms with Gasteiger partial charge in [-0.3, -0.25) is 15.2 Å². The molecule has 0 bridgehead atoms. The molecule has 0 atom stereocenters. The van der Waals surface area contributed by atoms with Crippen molar-refractivity contribution >= 4 is 21.6 Å². The van der Waals surface area contributed by atoms with Crippen LogP contribution in [-0.4, -0.2) is 15.1 Å². The lowest BCUT2D eigenvalue weighted by Gasteiger charge is -2.00. The van der Waals surface area contributed by atoms with E-state index in [4.69, 9.17) is 0 Å². The van der Waals surface area contributed by atoms with Gasteiger partial charge in [-0.1, -0.05) is 0 Å². The quantitative estimate of drug-likeness (QED) is 0.620. The Morgan fingerprint density at radius 1 is 1.54 bits per heavy atom. The Bertz CT molecular complexity index is 347. The summed E-state index contributed by atoms with van der Waals surface area (Å²) in [6.45, 7) is 0. The Morgan fingerprint density at radius 3 is 2.38 bits per heavy atom. The average Bonchev–Trinajstić information content (AvgIpc) is 2.28. The number of rotatable bonds is 1. The number of nitro groups is 1. The highest BCUT2D eigenvalue weighted by molar-refractivity contribution is 9.10. The van der Waals surface area contributed by atoms with Crippen LogP contribution in [0.5, 0.6) is 0 Å². The third-order valence-electron chi connectivity index (χ3n) is 1.16. The topological polar surface area (TPSA) is 71.8 Å². The molecule has 0 aliphatic carbocycles. The van der Waals surface area contributed by atoms with Crippen molar-refractivity contribution in [3.05, 3.63) is 20.4 Å². The summed E-state index contributed by atoms with van der Waals surface area (Å²) in [7, 11) is 0. The van der Waals surface area contributed by atoms with Crippen LogP contribution >= 0.6 is 15.9 Å². The zero-order chi connectivity index (χ0) is 10.2. The molecule has 5 nitrogen and oxygen atoms in total. The maximum absolute atomic E-state index is 12.0. The van der Waals surface area contributed by atoms with Gasteiger partial charge < -0.3 is 0 Å². The molecule has 0 spiro atoms. The van der Waals surface area contributed by atoms with Crippen LogP contribution in [-0.2, 0) is 6.18 Å². The molecule has 0 saturated heterocycles. The van der Waals surface area contributed by atoms with Crippen molar-refractivity contribution in [2.45, 2.75) is 6.18 Å². The Kier molecular flexibility index (Phi) is 2.28. The van der Waals surface area contributed by atoms with Crippen LogP contribution in [0.15, 0.2) is 4.60 Å². The van der Waals surface area contributed by atoms with E-state index in [1.54, 1.807) is 0 Å². The first kappa shape index (κ1) is 9.96. The van der Waals surface area contributed by atoms with Gasteiger partial charge in [0.05, 0.1) is 4.92 Å². The number of nitrogens with zero attached hydrogens (tertiary/aromatic N) is 2. The summed E-state index contributed by atoms with van der Waals surface area (Å²) in [6, 6.07) is 0. The van der Waals surface area contributed by atoms with Crippen molar-refractivity contribution < 1.29 is 18.1 Å². The third kappa shape index (κ3) is 1.79. The second-order valence-corrected chi connectivity index (χ2v) is 2.74. The van der Waals surface area contributed by atoms with Crippen molar-refractivity contribution in [2.75, 3.05) is 0 Å². The van der Waals surface area contributed by atoms with E-state index in [1.165, 1.54) is 5.10 Å². The monoisotopic (exact) mass is 259 g/mol. The molecule has 1 heterocycles. The van der Waals surface area contributed by atoms with Crippen LogP contribution in [0, 0.1) is 10.1 Å². The molecule has 72 valence electrons. The van der Waals surface area contributed by atoms with Crippen molar-refractivity contribution in [3.8, 4) is 0 Å². The molecule has 0 unspecified atom stereocenters. The van der Waals surface area contributed by atoms with E-state index in [0.29, 0.717) is 0 Å². The van der Waals surface area contributed by atoms with Crippen molar-refractivity contribution in [3.63, 3.8) is 0 Å². The van der Waals surface area contributed by atoms with E-state index in [1.807, 2.05) is 0 Å². The lowest BCUT2D eigenvalue weighted by atomic mass is 10.4. The molecule has 0 aliphatic heterocycles. The average molecular weight is 260 g/mol. The second-order valence-electron chi connectivity index (χ2n) is 1.99. The van der Waals surface area contributed by atoms with Crippen LogP contribution in [0.1, 0.15) is 5.69 Å². The van der Waals surface area contributed by atoms with Crippen LogP contribution in [0.2, 0.25) is 0 Å². The first-order valence-electron chi connectivity index (χ1n) is 2.79. The fourth-order valence-electron chi connectivity index (χ4n) is 0.678. The molecule has 0 radical (unpaired) electrons. The Balaban J connectivity index is 3.31. The summed E-state index contributed by atoms with van der Waals surface area (Å²) in [5.74, 6) is 0. The molecule has 0 aromatic carbocycles. The minimum atomic E-state index is -4.80. The van der Waals surface area contributed by atoms with Gasteiger partial charge in [0.2, 0.25) is 10.3 Å². The van der Waals surface area contributed by atoms with E-state index in [9.17, 15) is 23.3 Å². The molecule has 0 fully saturated rings. The zero-order valence-corrected chi connectivity index (χ0v) is 7.31. The van der Waals surface area contributed by atoms with Gasteiger partial charge in [0.25, 0.3) is 0 Å². The Labute approximate surface area is 77.2 Å². The van der Waals surface area contributed by atoms with Crippen LogP contribution in [0.4, 0.5) is 18.9 Å². The third-order valence-corrected chi connectivity index (χ3v) is 1.72. The number of H-pyrrole nitrogens is 1. The molecular formula is C4HBrF3N3O2. The van der Waals surface area contributed by atoms with Gasteiger partial charge in [-0.05, 0) is 15.9 Å². The highest BCUT2D eigenvalue weighted by atomic mass is 79.9. The molecular weight excluding hydrogens is 259 g/mol. The number of nitrogens with one attached hydrogen (secondary N) is 1. The summed E-state index contributed by atoms with van der Waals surface area (Å²) < 4.78 is 35.6. The maximum atomic E-state index is 12.0. The molecule has 0 aliphatic rings. The largest absolute Gasteiger partial charge is 0.439 e. The van der Waals surface area contributed by atoms with E-state index >= 15 is 0 Å². The molecule has 9 heteroatoms. The van der Waals surface area contributed by atoms with Crippen molar-refractivity contribution in [1.29, 1.82) is 0 Å². The first-order valence-corrected chi connectivity index (χ1v) is 3.58. The second kappa shape index (κ2) is 2.98. The maximum Gasteiger partial charge on any atom is 0.439 e. The molecule has 13 heavy (non-hydrogen) atoms. The fraction of sp³-hybridized carbons (Fsp3) is 0.250. The minimum Gasteiger partial charge on any atom is -0.266 e. The van der Waals surface area contributed by atoms with Gasteiger partial charge in [-0.2, -0.15) is 18.3 Å². The molecule has 1 N–H and O–H groups in total. The van der Waals surface area contributed by atoms with E-state index in [2.05, 4.69) is 21.0 Å². The predicted molar refractivity (Wildman–Crippen MR) is 37.9 cm³/mol. The lowest BCUT2D eigenvalue weighted by Crippen LogP contribution is -2.08. The van der Waals surface area contributed by atoms with Crippen molar-refractivity contribution in [1.82, 2.24) is 10.2 Å². The summed E-state index contributed by atoms with van der Waals surface area (Å²) in [5.41, 5.74) is -2.57. The molecule has 0 amide bonds. The fourth-order valence-corrected chi connectivity index (χ4v) is 1.11. The normalized spacial score (nSPS) is 11.7. The van der Waals surface area contributed by atoms with E-state index < -0.39 is 27.1 Å². The van der Waals surface area contributed by atoms with Gasteiger partial charge in [0.15, 0.2) is 0 Å². The summed E-state index contributed by atoms with van der Waals surface area (Å²) in [5, 5.41) is 14.7. The van der Waals surface area contributed by atoms with Gasteiger partial charge in [-0.25, -0.2) is 0 Å². The highest BCUT2D eigenvalue weighted by Crippen LogP contribution is 2.37. The Hall–Kier alpha value is -1.12. The standard InChI is InChI=1S/C4HBrF3N3O2/c5-3-1(11(12)13)2(9-10-3)4(6,7)8/h(H,9,10). The number of hydrogen-bond acceptors (Lipinski definition) is 3. The zero-order valence-electron chi connectivity index (χ0n) is 5.72. The number of aromatic nitrogens is 2. The van der Waals surface area contributed by atoms with Gasteiger partial charge in [-0.15, -0.1) is 0 Å². The number of halogens is 4. The molecule has 1 aromatic rings. The SMILES string of the molecule is O=[N+]([O-])c1c(Br)n[nH]c1C(F)(F)F. The summed E-state index contributed by atoms with van der Waals surface area (Å²) in [6.07, 6.45) is -4.80. The first-order chi connectivity index (χ1) is 5.84. The predicted octanol–water partition coefficient (Wildman–Crippen LogP) is 2.10. The summed E-state index contributed by atoms with van der Waals surface area (Å²) >= 11 is 2.53. The lowest BCUT2D eigenvalue weighted by molar-refractivity contribution is -0.388. The van der Waals surface area contributed by atoms with Crippen LogP contribution in [0.3, 0.4) is 0 Å². The number of aromatic amines is 1. The molecule has 0 saturated carbocycles. The smallest absolute Gasteiger partial charge is 0.266 e. The van der Waals surface area contributed by atoms with Crippen molar-refractivity contribution in [2.24, 2.45) is 0 Å².